The van der Waals surface area contributed by atoms with Gasteiger partial charge < -0.3 is 54.5 Å². The Morgan fingerprint density at radius 3 is 1.78 bits per heavy atom. The van der Waals surface area contributed by atoms with Gasteiger partial charge in [-0.15, -0.1) is 0 Å². The molecule has 21 nitrogen and oxygen atoms in total. The number of methoxy groups -OCH3 is 2. The number of rotatable bonds is 23. The lowest BCUT2D eigenvalue weighted by molar-refractivity contribution is -0.137. The van der Waals surface area contributed by atoms with Crippen molar-refractivity contribution in [1.29, 1.82) is 0 Å². The van der Waals surface area contributed by atoms with Crippen molar-refractivity contribution in [3.63, 3.8) is 0 Å². The summed E-state index contributed by atoms with van der Waals surface area (Å²) in [6.45, 7) is 10.0. The van der Waals surface area contributed by atoms with E-state index in [4.69, 9.17) is 28.9 Å². The van der Waals surface area contributed by atoms with Crippen LogP contribution in [0.3, 0.4) is 0 Å². The maximum absolute atomic E-state index is 14.2. The number of carbonyl (C=O) groups is 7. The van der Waals surface area contributed by atoms with E-state index >= 15 is 0 Å². The van der Waals surface area contributed by atoms with E-state index in [-0.39, 0.29) is 67.7 Å². The van der Waals surface area contributed by atoms with E-state index in [2.05, 4.69) is 57.1 Å². The number of unbranched alkanes of at least 4 members (excludes halogenated alkanes) is 2. The van der Waals surface area contributed by atoms with E-state index in [0.29, 0.717) is 89.7 Å². The minimum Gasteiger partial charge on any atom is -0.493 e. The number of nitrogens with one attached hydrogen (secondary N) is 3. The van der Waals surface area contributed by atoms with Crippen molar-refractivity contribution in [2.75, 3.05) is 77.4 Å². The number of aliphatic imine (C=N–C) groups is 2. The largest absolute Gasteiger partial charge is 0.493 e. The van der Waals surface area contributed by atoms with Crippen LogP contribution in [0.4, 0.5) is 22.7 Å². The third-order valence-corrected chi connectivity index (χ3v) is 16.0. The molecule has 6 aliphatic rings. The van der Waals surface area contributed by atoms with Crippen LogP contribution < -0.4 is 39.8 Å². The van der Waals surface area contributed by atoms with E-state index in [1.807, 2.05) is 18.5 Å². The molecule has 85 heavy (non-hydrogen) atoms. The number of benzene rings is 4. The molecule has 7 amide bonds. The van der Waals surface area contributed by atoms with Gasteiger partial charge in [0.2, 0.25) is 17.7 Å². The number of hydrogen-bond donors (Lipinski definition) is 3. The van der Waals surface area contributed by atoms with Gasteiger partial charge in [0, 0.05) is 119 Å². The van der Waals surface area contributed by atoms with Crippen LogP contribution in [-0.4, -0.2) is 165 Å². The molecule has 4 aromatic rings. The Balaban J connectivity index is 0.695. The molecule has 0 spiro atoms. The molecule has 0 unspecified atom stereocenters. The van der Waals surface area contributed by atoms with Gasteiger partial charge in [0.15, 0.2) is 23.0 Å². The van der Waals surface area contributed by atoms with Crippen LogP contribution in [0.15, 0.2) is 107 Å². The van der Waals surface area contributed by atoms with Gasteiger partial charge in [0.05, 0.1) is 62.0 Å². The van der Waals surface area contributed by atoms with Gasteiger partial charge in [-0.25, -0.2) is 0 Å². The molecule has 6 aliphatic heterocycles. The molecule has 3 N–H and O–H groups in total. The summed E-state index contributed by atoms with van der Waals surface area (Å²) in [6.07, 6.45) is 13.2. The average Bonchev–Trinajstić information content (AvgIpc) is 2.61. The molecule has 4 aromatic carbocycles. The van der Waals surface area contributed by atoms with Gasteiger partial charge in [-0.2, -0.15) is 0 Å². The van der Waals surface area contributed by atoms with E-state index < -0.39 is 29.9 Å². The molecule has 0 aromatic heterocycles. The van der Waals surface area contributed by atoms with Gasteiger partial charge in [0.25, 0.3) is 23.6 Å². The fourth-order valence-electron chi connectivity index (χ4n) is 11.1. The van der Waals surface area contributed by atoms with Crippen LogP contribution in [0.25, 0.3) is 11.1 Å². The Hall–Kier alpha value is -9.11. The Morgan fingerprint density at radius 1 is 0.635 bits per heavy atom. The summed E-state index contributed by atoms with van der Waals surface area (Å²) in [4.78, 5) is 110. The predicted molar refractivity (Wildman–Crippen MR) is 323 cm³/mol. The zero-order chi connectivity index (χ0) is 59.9. The van der Waals surface area contributed by atoms with Gasteiger partial charge >= 0.3 is 0 Å². The van der Waals surface area contributed by atoms with Crippen LogP contribution in [-0.2, 0) is 24.0 Å². The molecule has 6 heterocycles. The molecule has 10 rings (SSSR count). The number of fused-ring (bicyclic) bond motifs is 4. The number of carbonyl (C=O) groups excluding carboxylic acids is 7. The van der Waals surface area contributed by atoms with E-state index in [1.54, 1.807) is 85.5 Å². The fraction of sp³-hybridized carbons (Fsp3) is 0.391. The second-order valence-corrected chi connectivity index (χ2v) is 22.3. The van der Waals surface area contributed by atoms with Crippen molar-refractivity contribution < 1.29 is 52.5 Å². The highest BCUT2D eigenvalue weighted by Gasteiger charge is 2.36. The fourth-order valence-corrected chi connectivity index (χ4v) is 11.1. The zero-order valence-electron chi connectivity index (χ0n) is 48.8. The molecule has 1 saturated heterocycles. The summed E-state index contributed by atoms with van der Waals surface area (Å²) >= 11 is 0. The number of ether oxygens (including phenoxy) is 4. The number of nitrogens with zero attached hydrogens (tertiary/aromatic N) is 7. The van der Waals surface area contributed by atoms with Crippen molar-refractivity contribution in [3.05, 3.63) is 120 Å². The minimum absolute atomic E-state index is 0.157. The molecular formula is C64H72N10O11. The molecule has 0 radical (unpaired) electrons. The number of piperazine rings is 1. The molecule has 21 heteroatoms. The first-order valence-electron chi connectivity index (χ1n) is 29.0. The summed E-state index contributed by atoms with van der Waals surface area (Å²) in [5.41, 5.74) is 7.16. The first kappa shape index (κ1) is 59.1. The van der Waals surface area contributed by atoms with Gasteiger partial charge in [0.1, 0.15) is 12.1 Å². The van der Waals surface area contributed by atoms with Gasteiger partial charge in [-0.05, 0) is 91.4 Å². The van der Waals surface area contributed by atoms with E-state index in [9.17, 15) is 33.6 Å². The summed E-state index contributed by atoms with van der Waals surface area (Å²) in [5, 5.41) is 8.40. The number of likely N-dealkylation sites (N-methyl/N-ethyl adjacent to an activating group) is 1. The standard InChI is InChI=1S/C64H72N10O11/c1-39(2)60(69-57(75)14-8-7-9-21-72-58(76)19-20-59(72)77)62(79)67-40(3)61(78)68-45-13-10-12-42(28-45)44-30-48-36-66-52-34-56(54(83-6)32-50(52)64(81)74(48)38-44)85-27-11-26-84-55-33-51-49(31-53(55)82-5)63(80)73-37-43(29-47(73)35-65-51)41-15-17-46(18-16-41)71-24-22-70(4)23-25-71/h10,12-13,15-20,28,31-40,47-48,60H,7-9,11,14,21-27,29-30H2,1-6H3,(H,67,79)(H,68,78)(H,69,75)/t40-,47-,48-,60-/m0/s1. The number of anilines is 2. The minimum atomic E-state index is -0.949. The molecule has 4 atom stereocenters. The summed E-state index contributed by atoms with van der Waals surface area (Å²) < 4.78 is 23.8. The second kappa shape index (κ2) is 26.2. The second-order valence-electron chi connectivity index (χ2n) is 22.3. The SMILES string of the molecule is COc1cc2c(cc1OCCCOc1cc3c(cc1OC)C(=O)N1C=C(c4cccc(NC(=O)[C@H](C)NC(=O)[C@@H](NC(=O)CCCCCN5C(=O)C=CC5=O)C(C)C)c4)C[C@H]1C=N3)N=C[C@@H]1CC(c3ccc(N4CCN(C)CC4)cc3)=CN1C2=O. The smallest absolute Gasteiger partial charge is 0.260 e. The molecule has 1 fully saturated rings. The summed E-state index contributed by atoms with van der Waals surface area (Å²) in [5.74, 6) is -1.05. The highest BCUT2D eigenvalue weighted by atomic mass is 16.5. The van der Waals surface area contributed by atoms with Crippen molar-refractivity contribution in [2.24, 2.45) is 15.9 Å². The maximum atomic E-state index is 14.2. The zero-order valence-corrected chi connectivity index (χ0v) is 48.8. The Labute approximate surface area is 494 Å². The molecule has 0 bridgehead atoms. The first-order chi connectivity index (χ1) is 41.0. The number of amides is 7. The van der Waals surface area contributed by atoms with Crippen LogP contribution in [0.5, 0.6) is 23.0 Å². The summed E-state index contributed by atoms with van der Waals surface area (Å²) in [6, 6.07) is 20.1. The monoisotopic (exact) mass is 1160 g/mol. The average molecular weight is 1160 g/mol. The Bertz CT molecular complexity index is 3400. The number of hydrogen-bond acceptors (Lipinski definition) is 15. The topological polar surface area (TPSA) is 233 Å². The van der Waals surface area contributed by atoms with Crippen LogP contribution in [0, 0.1) is 5.92 Å². The predicted octanol–water partition coefficient (Wildman–Crippen LogP) is 7.32. The van der Waals surface area contributed by atoms with E-state index in [0.717, 1.165) is 53.4 Å². The third kappa shape index (κ3) is 13.5. The molecule has 0 aliphatic carbocycles. The normalized spacial score (nSPS) is 18.7. The van der Waals surface area contributed by atoms with Crippen molar-refractivity contribution in [1.82, 2.24) is 30.2 Å². The maximum Gasteiger partial charge on any atom is 0.260 e. The Morgan fingerprint density at radius 2 is 1.21 bits per heavy atom. The summed E-state index contributed by atoms with van der Waals surface area (Å²) in [7, 11) is 5.19. The number of imide groups is 1. The Kier molecular flexibility index (Phi) is 18.2. The third-order valence-electron chi connectivity index (χ3n) is 16.0. The van der Waals surface area contributed by atoms with Crippen LogP contribution in [0.1, 0.15) is 97.6 Å². The van der Waals surface area contributed by atoms with E-state index in [1.165, 1.54) is 32.1 Å². The lowest BCUT2D eigenvalue weighted by Crippen LogP contribution is -2.53. The van der Waals surface area contributed by atoms with Crippen LogP contribution in [0.2, 0.25) is 0 Å². The lowest BCUT2D eigenvalue weighted by atomic mass is 10.0. The van der Waals surface area contributed by atoms with Crippen molar-refractivity contribution in [2.45, 2.75) is 89.9 Å². The highest BCUT2D eigenvalue weighted by molar-refractivity contribution is 6.13. The molecular weight excluding hydrogens is 1080 g/mol. The van der Waals surface area contributed by atoms with Gasteiger partial charge in [-0.1, -0.05) is 44.5 Å². The van der Waals surface area contributed by atoms with Crippen molar-refractivity contribution >= 4 is 87.7 Å². The van der Waals surface area contributed by atoms with Crippen LogP contribution >= 0.6 is 0 Å². The molecule has 444 valence electrons. The highest BCUT2D eigenvalue weighted by Crippen LogP contribution is 2.42. The quantitative estimate of drug-likeness (QED) is 0.0489. The van der Waals surface area contributed by atoms with Crippen molar-refractivity contribution in [3.8, 4) is 23.0 Å². The molecule has 0 saturated carbocycles. The first-order valence-corrected chi connectivity index (χ1v) is 29.0. The lowest BCUT2D eigenvalue weighted by Gasteiger charge is -2.34. The van der Waals surface area contributed by atoms with Gasteiger partial charge in [-0.3, -0.25) is 48.4 Å².